The van der Waals surface area contributed by atoms with E-state index in [-0.39, 0.29) is 11.5 Å². The molecule has 2 aromatic rings. The molecular formula is C18H30N4O2. The first-order valence-corrected chi connectivity index (χ1v) is 8.28. The van der Waals surface area contributed by atoms with Gasteiger partial charge in [0.1, 0.15) is 11.5 Å². The van der Waals surface area contributed by atoms with Crippen molar-refractivity contribution in [3.63, 3.8) is 0 Å². The van der Waals surface area contributed by atoms with E-state index < -0.39 is 11.2 Å². The van der Waals surface area contributed by atoms with Crippen LogP contribution in [-0.4, -0.2) is 9.55 Å². The van der Waals surface area contributed by atoms with Crippen molar-refractivity contribution in [2.45, 2.75) is 47.6 Å². The highest BCUT2D eigenvalue weighted by Gasteiger charge is 2.09. The van der Waals surface area contributed by atoms with Gasteiger partial charge in [0.05, 0.1) is 0 Å². The van der Waals surface area contributed by atoms with Crippen LogP contribution in [0.4, 0.5) is 11.5 Å². The molecule has 0 radical (unpaired) electrons. The SMILES string of the molecule is CC.CCC.Cc1ccc(CNc2c(N)[nH]c(=O)n(C)c2=O)cc1. The van der Waals surface area contributed by atoms with Crippen molar-refractivity contribution >= 4 is 11.5 Å². The third-order valence-corrected chi connectivity index (χ3v) is 2.92. The van der Waals surface area contributed by atoms with Crippen LogP contribution >= 0.6 is 0 Å². The second-order valence-corrected chi connectivity index (χ2v) is 5.13. The number of H-pyrrole nitrogens is 1. The van der Waals surface area contributed by atoms with Gasteiger partial charge >= 0.3 is 5.69 Å². The van der Waals surface area contributed by atoms with Gasteiger partial charge in [-0.15, -0.1) is 0 Å². The number of benzene rings is 1. The minimum Gasteiger partial charge on any atom is -0.383 e. The second-order valence-electron chi connectivity index (χ2n) is 5.13. The highest BCUT2D eigenvalue weighted by molar-refractivity contribution is 5.59. The lowest BCUT2D eigenvalue weighted by molar-refractivity contribution is 0.779. The van der Waals surface area contributed by atoms with Crippen molar-refractivity contribution in [2.24, 2.45) is 7.05 Å². The summed E-state index contributed by atoms with van der Waals surface area (Å²) < 4.78 is 0.980. The van der Waals surface area contributed by atoms with Gasteiger partial charge in [0.15, 0.2) is 0 Å². The lowest BCUT2D eigenvalue weighted by Gasteiger charge is -2.09. The topological polar surface area (TPSA) is 92.9 Å². The minimum atomic E-state index is -0.525. The van der Waals surface area contributed by atoms with Gasteiger partial charge in [-0.05, 0) is 12.5 Å². The van der Waals surface area contributed by atoms with E-state index in [4.69, 9.17) is 5.73 Å². The molecule has 2 rings (SSSR count). The Balaban J connectivity index is 0.000000952. The fourth-order valence-corrected chi connectivity index (χ4v) is 1.70. The summed E-state index contributed by atoms with van der Waals surface area (Å²) in [6.45, 7) is 10.7. The molecule has 1 aromatic carbocycles. The number of nitrogens with two attached hydrogens (primary N) is 1. The van der Waals surface area contributed by atoms with Crippen LogP contribution in [0.2, 0.25) is 0 Å². The van der Waals surface area contributed by atoms with Crippen LogP contribution in [-0.2, 0) is 13.6 Å². The summed E-state index contributed by atoms with van der Waals surface area (Å²) in [7, 11) is 1.40. The van der Waals surface area contributed by atoms with Crippen LogP contribution in [0.15, 0.2) is 33.9 Å². The number of nitrogens with one attached hydrogen (secondary N) is 2. The van der Waals surface area contributed by atoms with Crippen molar-refractivity contribution < 1.29 is 0 Å². The summed E-state index contributed by atoms with van der Waals surface area (Å²) in [6.07, 6.45) is 1.25. The fourth-order valence-electron chi connectivity index (χ4n) is 1.70. The number of hydrogen-bond acceptors (Lipinski definition) is 4. The highest BCUT2D eigenvalue weighted by Crippen LogP contribution is 2.09. The molecule has 0 spiro atoms. The van der Waals surface area contributed by atoms with Crippen molar-refractivity contribution in [1.29, 1.82) is 0 Å². The van der Waals surface area contributed by atoms with E-state index in [1.807, 2.05) is 45.0 Å². The van der Waals surface area contributed by atoms with Crippen LogP contribution in [0.1, 0.15) is 45.2 Å². The maximum absolute atomic E-state index is 11.9. The van der Waals surface area contributed by atoms with Gasteiger partial charge in [0.2, 0.25) is 0 Å². The molecule has 0 aliphatic heterocycles. The molecule has 6 heteroatoms. The largest absolute Gasteiger partial charge is 0.383 e. The minimum absolute atomic E-state index is 0.0558. The average molecular weight is 334 g/mol. The van der Waals surface area contributed by atoms with Crippen molar-refractivity contribution in [3.8, 4) is 0 Å². The number of nitrogen functional groups attached to an aromatic ring is 1. The summed E-state index contributed by atoms with van der Waals surface area (Å²) in [5.41, 5.74) is 7.09. The van der Waals surface area contributed by atoms with Gasteiger partial charge in [-0.25, -0.2) is 4.79 Å². The third-order valence-electron chi connectivity index (χ3n) is 2.92. The Morgan fingerprint density at radius 3 is 2.12 bits per heavy atom. The maximum Gasteiger partial charge on any atom is 0.329 e. The van der Waals surface area contributed by atoms with Crippen LogP contribution in [0, 0.1) is 6.92 Å². The van der Waals surface area contributed by atoms with Gasteiger partial charge in [0, 0.05) is 13.6 Å². The van der Waals surface area contributed by atoms with Gasteiger partial charge in [-0.1, -0.05) is 63.9 Å². The molecule has 0 saturated carbocycles. The summed E-state index contributed by atoms with van der Waals surface area (Å²) in [4.78, 5) is 25.6. The molecule has 0 aliphatic carbocycles. The quantitative estimate of drug-likeness (QED) is 0.804. The van der Waals surface area contributed by atoms with Crippen LogP contribution in [0.5, 0.6) is 0 Å². The number of rotatable bonds is 3. The molecule has 6 nitrogen and oxygen atoms in total. The van der Waals surface area contributed by atoms with E-state index >= 15 is 0 Å². The summed E-state index contributed by atoms with van der Waals surface area (Å²) in [5.74, 6) is 0.0558. The van der Waals surface area contributed by atoms with Gasteiger partial charge in [-0.2, -0.15) is 0 Å². The normalized spacial score (nSPS) is 9.25. The monoisotopic (exact) mass is 334 g/mol. The summed E-state index contributed by atoms with van der Waals surface area (Å²) in [6, 6.07) is 7.92. The lowest BCUT2D eigenvalue weighted by atomic mass is 10.1. The summed E-state index contributed by atoms with van der Waals surface area (Å²) >= 11 is 0. The maximum atomic E-state index is 11.9. The van der Waals surface area contributed by atoms with E-state index in [9.17, 15) is 9.59 Å². The Morgan fingerprint density at radius 1 is 1.12 bits per heavy atom. The fraction of sp³-hybridized carbons (Fsp3) is 0.444. The number of nitrogens with zero attached hydrogens (tertiary/aromatic N) is 1. The molecular weight excluding hydrogens is 304 g/mol. The molecule has 1 heterocycles. The number of aromatic amines is 1. The number of aromatic nitrogens is 2. The molecule has 0 bridgehead atoms. The lowest BCUT2D eigenvalue weighted by Crippen LogP contribution is -2.35. The van der Waals surface area contributed by atoms with Crippen molar-refractivity contribution in [3.05, 3.63) is 56.2 Å². The van der Waals surface area contributed by atoms with E-state index in [1.54, 1.807) is 0 Å². The van der Waals surface area contributed by atoms with Crippen molar-refractivity contribution in [1.82, 2.24) is 9.55 Å². The van der Waals surface area contributed by atoms with Crippen LogP contribution in [0.25, 0.3) is 0 Å². The van der Waals surface area contributed by atoms with Crippen LogP contribution in [0.3, 0.4) is 0 Å². The zero-order valence-electron chi connectivity index (χ0n) is 15.6. The molecule has 0 aliphatic rings. The average Bonchev–Trinajstić information content (AvgIpc) is 2.57. The molecule has 0 amide bonds. The molecule has 0 fully saturated rings. The molecule has 24 heavy (non-hydrogen) atoms. The molecule has 0 saturated heterocycles. The first kappa shape index (κ1) is 21.5. The molecule has 1 aromatic heterocycles. The standard InChI is InChI=1S/C13H16N4O2.C3H8.C2H6/c1-8-3-5-9(6-4-8)7-15-10-11(14)16-13(19)17(2)12(10)18;1-3-2;1-2/h3-6,15H,7,14H2,1-2H3,(H,16,19);3H2,1-2H3;1-2H3. The summed E-state index contributed by atoms with van der Waals surface area (Å²) in [5, 5.41) is 2.96. The molecule has 0 atom stereocenters. The Morgan fingerprint density at radius 2 is 1.62 bits per heavy atom. The van der Waals surface area contributed by atoms with Gasteiger partial charge in [-0.3, -0.25) is 14.3 Å². The first-order chi connectivity index (χ1) is 11.4. The van der Waals surface area contributed by atoms with Crippen LogP contribution < -0.4 is 22.3 Å². The Bertz CT molecular complexity index is 715. The van der Waals surface area contributed by atoms with E-state index in [0.717, 1.165) is 10.1 Å². The molecule has 4 N–H and O–H groups in total. The van der Waals surface area contributed by atoms with E-state index in [1.165, 1.54) is 19.0 Å². The highest BCUT2D eigenvalue weighted by atomic mass is 16.2. The zero-order valence-corrected chi connectivity index (χ0v) is 15.6. The predicted octanol–water partition coefficient (Wildman–Crippen LogP) is 3.02. The predicted molar refractivity (Wildman–Crippen MR) is 103 cm³/mol. The first-order valence-electron chi connectivity index (χ1n) is 8.28. The van der Waals surface area contributed by atoms with E-state index in [2.05, 4.69) is 24.1 Å². The number of hydrogen-bond donors (Lipinski definition) is 3. The smallest absolute Gasteiger partial charge is 0.329 e. The molecule has 134 valence electrons. The molecule has 0 unspecified atom stereocenters. The second kappa shape index (κ2) is 11.1. The Hall–Kier alpha value is -2.50. The van der Waals surface area contributed by atoms with E-state index in [0.29, 0.717) is 6.54 Å². The van der Waals surface area contributed by atoms with Crippen molar-refractivity contribution in [2.75, 3.05) is 11.1 Å². The Labute approximate surface area is 143 Å². The number of aryl methyl sites for hydroxylation is 1. The number of anilines is 2. The van der Waals surface area contributed by atoms with Gasteiger partial charge in [0.25, 0.3) is 5.56 Å². The van der Waals surface area contributed by atoms with Gasteiger partial charge < -0.3 is 11.1 Å². The zero-order chi connectivity index (χ0) is 18.7. The Kier molecular flexibility index (Phi) is 9.94. The third kappa shape index (κ3) is 6.32.